The first-order valence-corrected chi connectivity index (χ1v) is 12.8. The molecule has 158 valence electrons. The van der Waals surface area contributed by atoms with Crippen LogP contribution in [0.1, 0.15) is 66.5 Å². The maximum absolute atomic E-state index is 5.66. The van der Waals surface area contributed by atoms with E-state index in [9.17, 15) is 0 Å². The summed E-state index contributed by atoms with van der Waals surface area (Å²) in [6, 6.07) is 10.6. The highest BCUT2D eigenvalue weighted by Crippen LogP contribution is 2.23. The summed E-state index contributed by atoms with van der Waals surface area (Å²) in [5, 5.41) is 0. The number of hydrogen-bond donors (Lipinski definition) is 0. The number of thioether (sulfide) groups is 2. The average molecular weight is 457 g/mol. The molecule has 6 heteroatoms. The van der Waals surface area contributed by atoms with E-state index in [0.29, 0.717) is 24.2 Å². The van der Waals surface area contributed by atoms with Crippen molar-refractivity contribution < 1.29 is 0 Å². The molecule has 0 aromatic heterocycles. The van der Waals surface area contributed by atoms with E-state index in [-0.39, 0.29) is 0 Å². The molecule has 0 atom stereocenters. The van der Waals surface area contributed by atoms with E-state index in [1.807, 2.05) is 0 Å². The fourth-order valence-corrected chi connectivity index (χ4v) is 6.51. The van der Waals surface area contributed by atoms with Crippen LogP contribution in [0.5, 0.6) is 0 Å². The summed E-state index contributed by atoms with van der Waals surface area (Å²) in [7, 11) is 0. The van der Waals surface area contributed by atoms with E-state index in [4.69, 9.17) is 24.4 Å². The molecule has 28 heavy (non-hydrogen) atoms. The molecule has 0 amide bonds. The molecule has 2 nitrogen and oxygen atoms in total. The maximum atomic E-state index is 5.66. The molecular formula is C22H36N2S4. The quantitative estimate of drug-likeness (QED) is 0.387. The number of rotatable bonds is 8. The molecule has 0 unspecified atom stereocenters. The Hall–Kier alpha value is -0.300. The Morgan fingerprint density at radius 3 is 1.11 bits per heavy atom. The summed E-state index contributed by atoms with van der Waals surface area (Å²) in [5.41, 5.74) is 2.62. The number of nitrogens with zero attached hydrogens (tertiary/aromatic N) is 2. The van der Waals surface area contributed by atoms with Crippen LogP contribution in [0.15, 0.2) is 24.3 Å². The minimum Gasteiger partial charge on any atom is -0.353 e. The normalized spacial score (nSPS) is 11.6. The summed E-state index contributed by atoms with van der Waals surface area (Å²) in [6.45, 7) is 17.6. The second kappa shape index (κ2) is 12.4. The Balaban J connectivity index is 2.58. The van der Waals surface area contributed by atoms with Gasteiger partial charge in [-0.1, -0.05) is 72.2 Å². The number of hydrogen-bond acceptors (Lipinski definition) is 4. The maximum Gasteiger partial charge on any atom is 0.137 e. The van der Waals surface area contributed by atoms with Gasteiger partial charge in [0.1, 0.15) is 8.64 Å². The van der Waals surface area contributed by atoms with Crippen molar-refractivity contribution >= 4 is 56.6 Å². The second-order valence-corrected chi connectivity index (χ2v) is 11.3. The van der Waals surface area contributed by atoms with Crippen molar-refractivity contribution in [3.63, 3.8) is 0 Å². The number of benzene rings is 1. The van der Waals surface area contributed by atoms with Gasteiger partial charge in [-0.15, -0.1) is 0 Å². The summed E-state index contributed by atoms with van der Waals surface area (Å²) in [6.07, 6.45) is 0. The fraction of sp³-hybridized carbons (Fsp3) is 0.636. The van der Waals surface area contributed by atoms with Gasteiger partial charge in [-0.25, -0.2) is 0 Å². The predicted octanol–water partition coefficient (Wildman–Crippen LogP) is 6.96. The van der Waals surface area contributed by atoms with Crippen LogP contribution >= 0.6 is 48.0 Å². The van der Waals surface area contributed by atoms with Crippen molar-refractivity contribution in [2.45, 2.75) is 91.1 Å². The van der Waals surface area contributed by atoms with Gasteiger partial charge in [0.2, 0.25) is 0 Å². The van der Waals surface area contributed by atoms with Crippen molar-refractivity contribution in [3.05, 3.63) is 35.4 Å². The summed E-state index contributed by atoms with van der Waals surface area (Å²) in [4.78, 5) is 4.61. The minimum absolute atomic E-state index is 0.430. The smallest absolute Gasteiger partial charge is 0.137 e. The van der Waals surface area contributed by atoms with Crippen LogP contribution in [0.3, 0.4) is 0 Å². The van der Waals surface area contributed by atoms with Crippen LogP contribution in [0.4, 0.5) is 0 Å². The standard InChI is InChI=1S/C22H36N2S4/c1-15(2)23(16(3)4)21(25)27-13-19-9-11-20(12-10-19)14-28-22(26)24(17(5)6)18(7)8/h9-12,15-18H,13-14H2,1-8H3. The van der Waals surface area contributed by atoms with Crippen LogP contribution in [-0.4, -0.2) is 42.6 Å². The molecule has 1 aromatic rings. The van der Waals surface area contributed by atoms with E-state index in [2.05, 4.69) is 89.5 Å². The third kappa shape index (κ3) is 8.21. The van der Waals surface area contributed by atoms with Gasteiger partial charge in [0.15, 0.2) is 0 Å². The monoisotopic (exact) mass is 456 g/mol. The molecular weight excluding hydrogens is 421 g/mol. The first-order valence-electron chi connectivity index (χ1n) is 10.0. The topological polar surface area (TPSA) is 6.48 Å². The predicted molar refractivity (Wildman–Crippen MR) is 138 cm³/mol. The lowest BCUT2D eigenvalue weighted by Crippen LogP contribution is -2.39. The first-order chi connectivity index (χ1) is 13.0. The third-order valence-electron chi connectivity index (χ3n) is 4.39. The first kappa shape index (κ1) is 25.7. The molecule has 0 saturated carbocycles. The lowest BCUT2D eigenvalue weighted by molar-refractivity contribution is 0.302. The van der Waals surface area contributed by atoms with Crippen molar-refractivity contribution in [3.8, 4) is 0 Å². The third-order valence-corrected chi connectivity index (χ3v) is 7.39. The molecule has 0 spiro atoms. The van der Waals surface area contributed by atoms with E-state index >= 15 is 0 Å². The zero-order valence-electron chi connectivity index (χ0n) is 18.6. The van der Waals surface area contributed by atoms with Gasteiger partial charge in [0, 0.05) is 35.7 Å². The molecule has 0 fully saturated rings. The molecule has 0 aliphatic rings. The van der Waals surface area contributed by atoms with Gasteiger partial charge in [-0.3, -0.25) is 0 Å². The van der Waals surface area contributed by atoms with Gasteiger partial charge >= 0.3 is 0 Å². The highest BCUT2D eigenvalue weighted by atomic mass is 32.2. The van der Waals surface area contributed by atoms with Crippen molar-refractivity contribution in [1.29, 1.82) is 0 Å². The Labute approximate surface area is 192 Å². The van der Waals surface area contributed by atoms with Crippen LogP contribution < -0.4 is 0 Å². The van der Waals surface area contributed by atoms with E-state index in [1.54, 1.807) is 23.5 Å². The van der Waals surface area contributed by atoms with Crippen molar-refractivity contribution in [2.24, 2.45) is 0 Å². The Kier molecular flexibility index (Phi) is 11.4. The fourth-order valence-electron chi connectivity index (χ4n) is 3.21. The Morgan fingerprint density at radius 1 is 0.643 bits per heavy atom. The molecule has 0 heterocycles. The van der Waals surface area contributed by atoms with Crippen LogP contribution in [0.2, 0.25) is 0 Å². The Bertz CT molecular complexity index is 553. The zero-order chi connectivity index (χ0) is 21.4. The van der Waals surface area contributed by atoms with E-state index in [1.165, 1.54) is 11.1 Å². The molecule has 1 rings (SSSR count). The van der Waals surface area contributed by atoms with Gasteiger partial charge < -0.3 is 9.80 Å². The van der Waals surface area contributed by atoms with Crippen LogP contribution in [0.25, 0.3) is 0 Å². The highest BCUT2D eigenvalue weighted by molar-refractivity contribution is 8.22. The molecule has 0 aliphatic carbocycles. The summed E-state index contributed by atoms with van der Waals surface area (Å²) >= 11 is 14.8. The zero-order valence-corrected chi connectivity index (χ0v) is 21.8. The van der Waals surface area contributed by atoms with Crippen molar-refractivity contribution in [1.82, 2.24) is 9.80 Å². The molecule has 0 N–H and O–H groups in total. The molecule has 0 aliphatic heterocycles. The minimum atomic E-state index is 0.430. The summed E-state index contributed by atoms with van der Waals surface area (Å²) in [5.74, 6) is 1.82. The van der Waals surface area contributed by atoms with Gasteiger partial charge in [0.05, 0.1) is 0 Å². The molecule has 1 aromatic carbocycles. The second-order valence-electron chi connectivity index (χ2n) is 8.12. The lowest BCUT2D eigenvalue weighted by Gasteiger charge is -2.32. The SMILES string of the molecule is CC(C)N(C(=S)SCc1ccc(CSC(=S)N(C(C)C)C(C)C)cc1)C(C)C. The highest BCUT2D eigenvalue weighted by Gasteiger charge is 2.18. The van der Waals surface area contributed by atoms with Gasteiger partial charge in [0.25, 0.3) is 0 Å². The molecule has 0 bridgehead atoms. The van der Waals surface area contributed by atoms with E-state index in [0.717, 1.165) is 20.1 Å². The van der Waals surface area contributed by atoms with Crippen LogP contribution in [-0.2, 0) is 11.5 Å². The molecule has 0 radical (unpaired) electrons. The number of thiocarbonyl (C=S) groups is 2. The van der Waals surface area contributed by atoms with E-state index < -0.39 is 0 Å². The largest absolute Gasteiger partial charge is 0.353 e. The van der Waals surface area contributed by atoms with Gasteiger partial charge in [-0.05, 0) is 66.5 Å². The molecule has 0 saturated heterocycles. The average Bonchev–Trinajstić information content (AvgIpc) is 2.57. The lowest BCUT2D eigenvalue weighted by atomic mass is 10.2. The van der Waals surface area contributed by atoms with Crippen molar-refractivity contribution in [2.75, 3.05) is 0 Å². The Morgan fingerprint density at radius 2 is 0.893 bits per heavy atom. The van der Waals surface area contributed by atoms with Crippen LogP contribution in [0, 0.1) is 0 Å². The summed E-state index contributed by atoms with van der Waals surface area (Å²) < 4.78 is 1.97. The van der Waals surface area contributed by atoms with Gasteiger partial charge in [-0.2, -0.15) is 0 Å².